The van der Waals surface area contributed by atoms with Crippen LogP contribution in [0.4, 0.5) is 0 Å². The number of aryl methyl sites for hydroxylation is 1. The summed E-state index contributed by atoms with van der Waals surface area (Å²) in [5, 5.41) is 11.8. The van der Waals surface area contributed by atoms with Gasteiger partial charge < -0.3 is 5.11 Å². The molecule has 0 bridgehead atoms. The van der Waals surface area contributed by atoms with Gasteiger partial charge in [-0.1, -0.05) is 6.08 Å². The lowest BCUT2D eigenvalue weighted by Gasteiger charge is -2.18. The van der Waals surface area contributed by atoms with Gasteiger partial charge in [0.25, 0.3) is 0 Å². The Labute approximate surface area is 87.1 Å². The number of nitrogens with zero attached hydrogens (tertiary/aromatic N) is 1. The molecule has 0 aliphatic carbocycles. The average molecular weight is 211 g/mol. The lowest BCUT2D eigenvalue weighted by Crippen LogP contribution is -2.27. The summed E-state index contributed by atoms with van der Waals surface area (Å²) in [6, 6.07) is 0. The zero-order valence-electron chi connectivity index (χ0n) is 8.28. The second kappa shape index (κ2) is 3.92. The summed E-state index contributed by atoms with van der Waals surface area (Å²) >= 11 is 1.49. The van der Waals surface area contributed by atoms with E-state index in [1.54, 1.807) is 6.92 Å². The fourth-order valence-corrected chi connectivity index (χ4v) is 1.97. The normalized spacial score (nSPS) is 14.7. The number of hydrogen-bond donors (Lipinski definition) is 1. The van der Waals surface area contributed by atoms with Gasteiger partial charge in [0.05, 0.1) is 10.4 Å². The quantitative estimate of drug-likeness (QED) is 0.777. The fourth-order valence-electron chi connectivity index (χ4n) is 1.03. The molecule has 4 heteroatoms. The number of carboxylic acid groups (broad SMARTS) is 1. The minimum atomic E-state index is -0.912. The Kier molecular flexibility index (Phi) is 3.06. The highest BCUT2D eigenvalue weighted by Gasteiger charge is 2.30. The summed E-state index contributed by atoms with van der Waals surface area (Å²) in [4.78, 5) is 15.2. The topological polar surface area (TPSA) is 50.2 Å². The number of aromatic nitrogens is 1. The Morgan fingerprint density at radius 2 is 2.50 bits per heavy atom. The summed E-state index contributed by atoms with van der Waals surface area (Å²) in [7, 11) is 0. The maximum atomic E-state index is 11.0. The van der Waals surface area contributed by atoms with E-state index in [0.717, 1.165) is 10.7 Å². The molecular weight excluding hydrogens is 198 g/mol. The zero-order chi connectivity index (χ0) is 10.8. The fraction of sp³-hybridized carbons (Fsp3) is 0.400. The summed E-state index contributed by atoms with van der Waals surface area (Å²) < 4.78 is 0. The number of carboxylic acids is 1. The van der Waals surface area contributed by atoms with Gasteiger partial charge in [0.2, 0.25) is 0 Å². The summed E-state index contributed by atoms with van der Waals surface area (Å²) in [5.74, 6) is -0.861. The molecule has 0 saturated heterocycles. The number of carbonyl (C=O) groups is 1. The first kappa shape index (κ1) is 10.9. The third kappa shape index (κ3) is 2.20. The van der Waals surface area contributed by atoms with Crippen LogP contribution in [0.25, 0.3) is 0 Å². The van der Waals surface area contributed by atoms with Crippen molar-refractivity contribution in [2.75, 3.05) is 0 Å². The number of aliphatic carboxylic acids is 1. The molecule has 1 atom stereocenters. The Hall–Kier alpha value is -1.16. The predicted octanol–water partition coefficient (Wildman–Crippen LogP) is 2.27. The van der Waals surface area contributed by atoms with Crippen molar-refractivity contribution >= 4 is 17.3 Å². The highest BCUT2D eigenvalue weighted by Crippen LogP contribution is 2.25. The Morgan fingerprint density at radius 1 is 1.86 bits per heavy atom. The molecule has 0 radical (unpaired) electrons. The number of thiazole rings is 1. The minimum Gasteiger partial charge on any atom is -0.481 e. The van der Waals surface area contributed by atoms with E-state index >= 15 is 0 Å². The molecule has 0 saturated carbocycles. The first-order valence-corrected chi connectivity index (χ1v) is 5.14. The second-order valence-electron chi connectivity index (χ2n) is 3.49. The van der Waals surface area contributed by atoms with Gasteiger partial charge in [-0.15, -0.1) is 17.9 Å². The highest BCUT2D eigenvalue weighted by molar-refractivity contribution is 7.09. The van der Waals surface area contributed by atoms with Crippen molar-refractivity contribution in [2.24, 2.45) is 5.41 Å². The van der Waals surface area contributed by atoms with E-state index in [9.17, 15) is 4.79 Å². The highest BCUT2D eigenvalue weighted by atomic mass is 32.1. The standard InChI is InChI=1S/C10H13NO2S/c1-4-10(3,9(12)13)5-8-11-7(2)6-14-8/h4,6H,1,5H2,2-3H3,(H,12,13). The van der Waals surface area contributed by atoms with Crippen molar-refractivity contribution in [1.29, 1.82) is 0 Å². The van der Waals surface area contributed by atoms with Gasteiger partial charge in [-0.2, -0.15) is 0 Å². The van der Waals surface area contributed by atoms with E-state index < -0.39 is 11.4 Å². The van der Waals surface area contributed by atoms with Crippen LogP contribution in [-0.4, -0.2) is 16.1 Å². The first-order chi connectivity index (χ1) is 6.48. The molecule has 0 spiro atoms. The van der Waals surface area contributed by atoms with Crippen LogP contribution in [0.1, 0.15) is 17.6 Å². The van der Waals surface area contributed by atoms with Crippen molar-refractivity contribution in [1.82, 2.24) is 4.98 Å². The van der Waals surface area contributed by atoms with Crippen LogP contribution >= 0.6 is 11.3 Å². The van der Waals surface area contributed by atoms with Gasteiger partial charge in [0, 0.05) is 17.5 Å². The minimum absolute atomic E-state index is 0.407. The molecule has 0 fully saturated rings. The van der Waals surface area contributed by atoms with Crippen molar-refractivity contribution in [3.63, 3.8) is 0 Å². The zero-order valence-corrected chi connectivity index (χ0v) is 9.10. The van der Waals surface area contributed by atoms with E-state index in [1.165, 1.54) is 17.4 Å². The molecule has 1 rings (SSSR count). The molecule has 0 aliphatic heterocycles. The molecule has 1 unspecified atom stereocenters. The maximum Gasteiger partial charge on any atom is 0.313 e. The SMILES string of the molecule is C=CC(C)(Cc1nc(C)cs1)C(=O)O. The van der Waals surface area contributed by atoms with Crippen molar-refractivity contribution in [3.8, 4) is 0 Å². The van der Waals surface area contributed by atoms with Gasteiger partial charge in [-0.05, 0) is 13.8 Å². The molecular formula is C10H13NO2S. The van der Waals surface area contributed by atoms with E-state index in [-0.39, 0.29) is 0 Å². The van der Waals surface area contributed by atoms with Crippen LogP contribution in [0.3, 0.4) is 0 Å². The van der Waals surface area contributed by atoms with Crippen LogP contribution in [0.5, 0.6) is 0 Å². The van der Waals surface area contributed by atoms with Crippen LogP contribution in [0.2, 0.25) is 0 Å². The Balaban J connectivity index is 2.85. The van der Waals surface area contributed by atoms with Crippen molar-refractivity contribution < 1.29 is 9.90 Å². The predicted molar refractivity (Wildman–Crippen MR) is 56.5 cm³/mol. The first-order valence-electron chi connectivity index (χ1n) is 4.26. The third-order valence-corrected chi connectivity index (χ3v) is 3.09. The van der Waals surface area contributed by atoms with Crippen LogP contribution < -0.4 is 0 Å². The summed E-state index contributed by atoms with van der Waals surface area (Å²) in [6.45, 7) is 7.10. The summed E-state index contributed by atoms with van der Waals surface area (Å²) in [6.07, 6.45) is 1.87. The molecule has 1 N–H and O–H groups in total. The molecule has 0 amide bonds. The van der Waals surface area contributed by atoms with Gasteiger partial charge in [0.15, 0.2) is 0 Å². The molecule has 3 nitrogen and oxygen atoms in total. The molecule has 1 heterocycles. The van der Waals surface area contributed by atoms with Gasteiger partial charge >= 0.3 is 5.97 Å². The third-order valence-electron chi connectivity index (χ3n) is 2.12. The Bertz CT molecular complexity index is 359. The van der Waals surface area contributed by atoms with Crippen molar-refractivity contribution in [2.45, 2.75) is 20.3 Å². The van der Waals surface area contributed by atoms with Gasteiger partial charge in [-0.3, -0.25) is 4.79 Å². The largest absolute Gasteiger partial charge is 0.481 e. The van der Waals surface area contributed by atoms with Gasteiger partial charge in [-0.25, -0.2) is 4.98 Å². The summed E-state index contributed by atoms with van der Waals surface area (Å²) in [5.41, 5.74) is 0.0198. The lowest BCUT2D eigenvalue weighted by molar-refractivity contribution is -0.145. The van der Waals surface area contributed by atoms with E-state index in [1.807, 2.05) is 12.3 Å². The maximum absolute atomic E-state index is 11.0. The molecule has 0 aliphatic rings. The lowest BCUT2D eigenvalue weighted by atomic mass is 9.87. The van der Waals surface area contributed by atoms with Crippen LogP contribution in [0, 0.1) is 12.3 Å². The molecule has 1 aromatic rings. The van der Waals surface area contributed by atoms with E-state index in [0.29, 0.717) is 6.42 Å². The smallest absolute Gasteiger partial charge is 0.313 e. The number of hydrogen-bond acceptors (Lipinski definition) is 3. The van der Waals surface area contributed by atoms with E-state index in [4.69, 9.17) is 5.11 Å². The van der Waals surface area contributed by atoms with E-state index in [2.05, 4.69) is 11.6 Å². The molecule has 14 heavy (non-hydrogen) atoms. The van der Waals surface area contributed by atoms with Crippen LogP contribution in [-0.2, 0) is 11.2 Å². The Morgan fingerprint density at radius 3 is 2.86 bits per heavy atom. The molecule has 1 aromatic heterocycles. The monoisotopic (exact) mass is 211 g/mol. The molecule has 76 valence electrons. The molecule has 0 aromatic carbocycles. The second-order valence-corrected chi connectivity index (χ2v) is 4.43. The van der Waals surface area contributed by atoms with Crippen molar-refractivity contribution in [3.05, 3.63) is 28.7 Å². The average Bonchev–Trinajstić information content (AvgIpc) is 2.50. The van der Waals surface area contributed by atoms with Gasteiger partial charge in [0.1, 0.15) is 0 Å². The van der Waals surface area contributed by atoms with Crippen LogP contribution in [0.15, 0.2) is 18.0 Å². The number of rotatable bonds is 4.